The van der Waals surface area contributed by atoms with Crippen LogP contribution in [-0.4, -0.2) is 14.4 Å². The van der Waals surface area contributed by atoms with Crippen LogP contribution in [0, 0.1) is 0 Å². The molecule has 2 N–H and O–H groups in total. The van der Waals surface area contributed by atoms with Gasteiger partial charge >= 0.3 is 0 Å². The molecule has 10 heavy (non-hydrogen) atoms. The number of aromatic nitrogens is 3. The largest absolute Gasteiger partial charge is 0.369 e. The quantitative estimate of drug-likeness (QED) is 0.564. The fourth-order valence-electron chi connectivity index (χ4n) is 0.880. The monoisotopic (exact) mass is 134 g/mol. The lowest BCUT2D eigenvalue weighted by atomic mass is 10.6. The zero-order chi connectivity index (χ0) is 6.97. The Hall–Kier alpha value is -1.58. The van der Waals surface area contributed by atoms with Crippen LogP contribution < -0.4 is 5.73 Å². The average molecular weight is 134 g/mol. The van der Waals surface area contributed by atoms with E-state index in [1.165, 1.54) is 6.33 Å². The number of anilines is 1. The Morgan fingerprint density at radius 2 is 2.30 bits per heavy atom. The summed E-state index contributed by atoms with van der Waals surface area (Å²) in [6.45, 7) is 0. The number of hydrogen-bond acceptors (Lipinski definition) is 3. The van der Waals surface area contributed by atoms with E-state index >= 15 is 0 Å². The second-order valence-electron chi connectivity index (χ2n) is 1.97. The summed E-state index contributed by atoms with van der Waals surface area (Å²) < 4.78 is 1.72. The van der Waals surface area contributed by atoms with Crippen LogP contribution in [0.15, 0.2) is 24.7 Å². The summed E-state index contributed by atoms with van der Waals surface area (Å²) >= 11 is 0. The highest BCUT2D eigenvalue weighted by atomic mass is 15.1. The van der Waals surface area contributed by atoms with Crippen LogP contribution in [0.5, 0.6) is 0 Å². The normalized spacial score (nSPS) is 10.4. The van der Waals surface area contributed by atoms with Crippen LogP contribution >= 0.6 is 0 Å². The SMILES string of the molecule is Nc1ncnc2cccn12. The van der Waals surface area contributed by atoms with E-state index in [0.717, 1.165) is 5.65 Å². The van der Waals surface area contributed by atoms with E-state index in [9.17, 15) is 0 Å². The van der Waals surface area contributed by atoms with E-state index in [1.54, 1.807) is 4.40 Å². The summed E-state index contributed by atoms with van der Waals surface area (Å²) in [7, 11) is 0. The van der Waals surface area contributed by atoms with E-state index in [1.807, 2.05) is 18.3 Å². The molecule has 0 aromatic carbocycles. The molecule has 0 bridgehead atoms. The summed E-state index contributed by atoms with van der Waals surface area (Å²) in [5.74, 6) is 0.468. The highest BCUT2D eigenvalue weighted by molar-refractivity contribution is 5.42. The molecule has 0 spiro atoms. The van der Waals surface area contributed by atoms with Crippen molar-refractivity contribution in [2.45, 2.75) is 0 Å². The van der Waals surface area contributed by atoms with Gasteiger partial charge in [0.1, 0.15) is 12.0 Å². The van der Waals surface area contributed by atoms with Crippen molar-refractivity contribution in [3.05, 3.63) is 24.7 Å². The zero-order valence-corrected chi connectivity index (χ0v) is 5.23. The van der Waals surface area contributed by atoms with Crippen LogP contribution in [0.2, 0.25) is 0 Å². The molecule has 0 atom stereocenters. The Morgan fingerprint density at radius 1 is 1.40 bits per heavy atom. The van der Waals surface area contributed by atoms with Gasteiger partial charge in [0.2, 0.25) is 5.95 Å². The molecule has 0 radical (unpaired) electrons. The number of rotatable bonds is 0. The van der Waals surface area contributed by atoms with Crippen molar-refractivity contribution in [1.29, 1.82) is 0 Å². The van der Waals surface area contributed by atoms with Gasteiger partial charge in [-0.3, -0.25) is 4.40 Å². The summed E-state index contributed by atoms with van der Waals surface area (Å²) in [6.07, 6.45) is 3.27. The van der Waals surface area contributed by atoms with Crippen LogP contribution in [0.3, 0.4) is 0 Å². The predicted octanol–water partition coefficient (Wildman–Crippen LogP) is 0.311. The Labute approximate surface area is 57.3 Å². The molecule has 0 aliphatic heterocycles. The number of hydrogen-bond donors (Lipinski definition) is 1. The third-order valence-electron chi connectivity index (χ3n) is 1.35. The summed E-state index contributed by atoms with van der Waals surface area (Å²) in [5.41, 5.74) is 6.34. The van der Waals surface area contributed by atoms with E-state index in [-0.39, 0.29) is 0 Å². The van der Waals surface area contributed by atoms with Gasteiger partial charge in [0.25, 0.3) is 0 Å². The van der Waals surface area contributed by atoms with E-state index in [0.29, 0.717) is 5.95 Å². The van der Waals surface area contributed by atoms with Gasteiger partial charge in [-0.1, -0.05) is 0 Å². The van der Waals surface area contributed by atoms with Gasteiger partial charge in [0.15, 0.2) is 0 Å². The molecule has 0 aliphatic carbocycles. The van der Waals surface area contributed by atoms with E-state index in [2.05, 4.69) is 9.97 Å². The van der Waals surface area contributed by atoms with Crippen molar-refractivity contribution in [2.24, 2.45) is 0 Å². The first kappa shape index (κ1) is 5.22. The summed E-state index contributed by atoms with van der Waals surface area (Å²) in [4.78, 5) is 7.78. The zero-order valence-electron chi connectivity index (χ0n) is 5.23. The van der Waals surface area contributed by atoms with Crippen molar-refractivity contribution in [3.63, 3.8) is 0 Å². The molecule has 2 rings (SSSR count). The molecule has 50 valence electrons. The predicted molar refractivity (Wildman–Crippen MR) is 37.4 cm³/mol. The fourth-order valence-corrected chi connectivity index (χ4v) is 0.880. The minimum atomic E-state index is 0.468. The molecule has 4 heteroatoms. The van der Waals surface area contributed by atoms with Crippen molar-refractivity contribution >= 4 is 11.6 Å². The maximum Gasteiger partial charge on any atom is 0.207 e. The topological polar surface area (TPSA) is 56.2 Å². The molecule has 0 saturated heterocycles. The Kier molecular flexibility index (Phi) is 0.887. The van der Waals surface area contributed by atoms with Crippen molar-refractivity contribution in [2.75, 3.05) is 5.73 Å². The van der Waals surface area contributed by atoms with Gasteiger partial charge < -0.3 is 5.73 Å². The van der Waals surface area contributed by atoms with Gasteiger partial charge in [-0.25, -0.2) is 9.97 Å². The lowest BCUT2D eigenvalue weighted by molar-refractivity contribution is 1.04. The molecule has 0 unspecified atom stereocenters. The van der Waals surface area contributed by atoms with E-state index in [4.69, 9.17) is 5.73 Å². The van der Waals surface area contributed by atoms with Crippen molar-refractivity contribution in [3.8, 4) is 0 Å². The van der Waals surface area contributed by atoms with Gasteiger partial charge in [0, 0.05) is 6.20 Å². The van der Waals surface area contributed by atoms with Gasteiger partial charge in [-0.05, 0) is 12.1 Å². The second-order valence-corrected chi connectivity index (χ2v) is 1.97. The third-order valence-corrected chi connectivity index (χ3v) is 1.35. The summed E-state index contributed by atoms with van der Waals surface area (Å²) in [5, 5.41) is 0. The lowest BCUT2D eigenvalue weighted by Gasteiger charge is -1.94. The highest BCUT2D eigenvalue weighted by Crippen LogP contribution is 2.02. The van der Waals surface area contributed by atoms with E-state index < -0.39 is 0 Å². The Bertz CT molecular complexity index is 351. The third kappa shape index (κ3) is 0.556. The molecule has 0 fully saturated rings. The Morgan fingerprint density at radius 3 is 3.10 bits per heavy atom. The maximum absolute atomic E-state index is 5.51. The minimum Gasteiger partial charge on any atom is -0.369 e. The number of nitrogen functional groups attached to an aromatic ring is 1. The van der Waals surface area contributed by atoms with Crippen molar-refractivity contribution < 1.29 is 0 Å². The van der Waals surface area contributed by atoms with Crippen molar-refractivity contribution in [1.82, 2.24) is 14.4 Å². The first-order chi connectivity index (χ1) is 4.88. The molecule has 2 heterocycles. The average Bonchev–Trinajstić information content (AvgIpc) is 2.36. The number of nitrogens with two attached hydrogens (primary N) is 1. The maximum atomic E-state index is 5.51. The smallest absolute Gasteiger partial charge is 0.207 e. The minimum absolute atomic E-state index is 0.468. The van der Waals surface area contributed by atoms with Gasteiger partial charge in [-0.15, -0.1) is 0 Å². The fraction of sp³-hybridized carbons (Fsp3) is 0. The van der Waals surface area contributed by atoms with Crippen LogP contribution in [0.25, 0.3) is 5.65 Å². The molecule has 0 aliphatic rings. The lowest BCUT2D eigenvalue weighted by Crippen LogP contribution is -1.99. The van der Waals surface area contributed by atoms with Crippen LogP contribution in [-0.2, 0) is 0 Å². The standard InChI is InChI=1S/C6H6N4/c7-6-9-4-8-5-2-1-3-10(5)6/h1-4H,(H2,7,8,9). The molecule has 0 saturated carbocycles. The highest BCUT2D eigenvalue weighted by Gasteiger charge is 1.94. The first-order valence-electron chi connectivity index (χ1n) is 2.91. The second kappa shape index (κ2) is 1.70. The Balaban J connectivity index is 2.95. The molecule has 2 aromatic rings. The summed E-state index contributed by atoms with van der Waals surface area (Å²) in [6, 6.07) is 3.75. The first-order valence-corrected chi connectivity index (χ1v) is 2.91. The molecular weight excluding hydrogens is 128 g/mol. The number of fused-ring (bicyclic) bond motifs is 1. The van der Waals surface area contributed by atoms with Crippen LogP contribution in [0.4, 0.5) is 5.95 Å². The molecule has 0 amide bonds. The van der Waals surface area contributed by atoms with Gasteiger partial charge in [0.05, 0.1) is 0 Å². The number of nitrogens with zero attached hydrogens (tertiary/aromatic N) is 3. The van der Waals surface area contributed by atoms with Crippen LogP contribution in [0.1, 0.15) is 0 Å². The molecular formula is C6H6N4. The molecule has 4 nitrogen and oxygen atoms in total. The molecule has 2 aromatic heterocycles. The van der Waals surface area contributed by atoms with Gasteiger partial charge in [-0.2, -0.15) is 0 Å².